The molecule has 2 aromatic rings. The Kier molecular flexibility index (Phi) is 7.42. The first-order chi connectivity index (χ1) is 11.3. The van der Waals surface area contributed by atoms with Crippen LogP contribution in [-0.2, 0) is 6.54 Å². The molecule has 1 heterocycles. The van der Waals surface area contributed by atoms with Gasteiger partial charge in [0.05, 0.1) is 6.54 Å². The second kappa shape index (κ2) is 9.32. The average Bonchev–Trinajstić information content (AvgIpc) is 3.10. The molecule has 1 saturated carbocycles. The molecule has 0 amide bonds. The molecule has 3 rings (SSSR count). The Morgan fingerprint density at radius 2 is 2.08 bits per heavy atom. The van der Waals surface area contributed by atoms with Crippen LogP contribution in [0.1, 0.15) is 24.8 Å². The number of guanidine groups is 1. The molecule has 2 atom stereocenters. The molecule has 4 nitrogen and oxygen atoms in total. The Morgan fingerprint density at radius 3 is 2.79 bits per heavy atom. The van der Waals surface area contributed by atoms with Gasteiger partial charge in [-0.1, -0.05) is 23.7 Å². The third-order valence-electron chi connectivity index (χ3n) is 4.03. The van der Waals surface area contributed by atoms with E-state index >= 15 is 0 Å². The zero-order valence-corrected chi connectivity index (χ0v) is 16.9. The van der Waals surface area contributed by atoms with Crippen molar-refractivity contribution in [1.29, 1.82) is 0 Å². The van der Waals surface area contributed by atoms with Crippen molar-refractivity contribution >= 4 is 41.5 Å². The van der Waals surface area contributed by atoms with Gasteiger partial charge in [-0.05, 0) is 43.2 Å². The van der Waals surface area contributed by atoms with Gasteiger partial charge in [-0.15, -0.1) is 24.0 Å². The van der Waals surface area contributed by atoms with Crippen molar-refractivity contribution in [2.24, 2.45) is 4.99 Å². The van der Waals surface area contributed by atoms with Gasteiger partial charge in [0.15, 0.2) is 5.96 Å². The average molecular weight is 459 g/mol. The Bertz CT molecular complexity index is 657. The number of nitrogens with zero attached hydrogens (tertiary/aromatic N) is 2. The van der Waals surface area contributed by atoms with Gasteiger partial charge in [-0.2, -0.15) is 0 Å². The lowest BCUT2D eigenvalue weighted by atomic mass is 10.1. The molecule has 0 radical (unpaired) electrons. The van der Waals surface area contributed by atoms with Crippen LogP contribution in [0.4, 0.5) is 0 Å². The van der Waals surface area contributed by atoms with Crippen molar-refractivity contribution in [3.8, 4) is 0 Å². The largest absolute Gasteiger partial charge is 0.357 e. The summed E-state index contributed by atoms with van der Waals surface area (Å²) < 4.78 is 2.14. The Labute approximate surface area is 165 Å². The van der Waals surface area contributed by atoms with Crippen LogP contribution in [-0.4, -0.2) is 29.7 Å². The van der Waals surface area contributed by atoms with Crippen LogP contribution in [0.3, 0.4) is 0 Å². The van der Waals surface area contributed by atoms with Crippen molar-refractivity contribution in [1.82, 2.24) is 15.2 Å². The first-order valence-corrected chi connectivity index (χ1v) is 8.55. The number of hydrogen-bond donors (Lipinski definition) is 2. The molecule has 1 fully saturated rings. The lowest BCUT2D eigenvalue weighted by Crippen LogP contribution is -2.39. The smallest absolute Gasteiger partial charge is 0.191 e. The van der Waals surface area contributed by atoms with E-state index in [1.807, 2.05) is 24.3 Å². The molecule has 0 saturated heterocycles. The monoisotopic (exact) mass is 458 g/mol. The molecule has 2 unspecified atom stereocenters. The first kappa shape index (κ1) is 19.1. The van der Waals surface area contributed by atoms with E-state index in [1.54, 1.807) is 0 Å². The third-order valence-corrected chi connectivity index (χ3v) is 4.26. The fourth-order valence-electron chi connectivity index (χ4n) is 2.75. The Hall–Kier alpha value is -1.21. The second-order valence-electron chi connectivity index (χ2n) is 5.83. The molecule has 2 N–H and O–H groups in total. The summed E-state index contributed by atoms with van der Waals surface area (Å²) >= 11 is 6.08. The SMILES string of the molecule is CCNC(=NCCn1cccc1)NC1CC1c1cccc(Cl)c1.I. The number of aromatic nitrogens is 1. The van der Waals surface area contributed by atoms with E-state index < -0.39 is 0 Å². The lowest BCUT2D eigenvalue weighted by molar-refractivity contribution is 0.702. The summed E-state index contributed by atoms with van der Waals surface area (Å²) in [6.45, 7) is 4.61. The summed E-state index contributed by atoms with van der Waals surface area (Å²) in [6.07, 6.45) is 5.25. The van der Waals surface area contributed by atoms with Crippen molar-refractivity contribution in [3.63, 3.8) is 0 Å². The number of nitrogens with one attached hydrogen (secondary N) is 2. The highest BCUT2D eigenvalue weighted by molar-refractivity contribution is 14.0. The van der Waals surface area contributed by atoms with Gasteiger partial charge in [-0.3, -0.25) is 4.99 Å². The normalized spacial score (nSPS) is 19.5. The highest BCUT2D eigenvalue weighted by Crippen LogP contribution is 2.41. The molecule has 24 heavy (non-hydrogen) atoms. The summed E-state index contributed by atoms with van der Waals surface area (Å²) in [5.74, 6) is 1.43. The van der Waals surface area contributed by atoms with E-state index in [-0.39, 0.29) is 24.0 Å². The van der Waals surface area contributed by atoms with Crippen LogP contribution in [0, 0.1) is 0 Å². The van der Waals surface area contributed by atoms with E-state index in [0.29, 0.717) is 12.0 Å². The third kappa shape index (κ3) is 5.41. The molecule has 1 aliphatic rings. The summed E-state index contributed by atoms with van der Waals surface area (Å²) in [7, 11) is 0. The molecule has 1 aromatic carbocycles. The molecule has 6 heteroatoms. The van der Waals surface area contributed by atoms with E-state index in [1.165, 1.54) is 5.56 Å². The van der Waals surface area contributed by atoms with Crippen molar-refractivity contribution in [2.45, 2.75) is 31.8 Å². The highest BCUT2D eigenvalue weighted by atomic mass is 127. The first-order valence-electron chi connectivity index (χ1n) is 8.17. The Morgan fingerprint density at radius 1 is 1.29 bits per heavy atom. The molecular weight excluding hydrogens is 435 g/mol. The zero-order valence-electron chi connectivity index (χ0n) is 13.8. The van der Waals surface area contributed by atoms with Crippen LogP contribution in [0.5, 0.6) is 0 Å². The molecule has 0 bridgehead atoms. The minimum atomic E-state index is 0. The van der Waals surface area contributed by atoms with E-state index in [0.717, 1.165) is 37.0 Å². The van der Waals surface area contributed by atoms with Crippen LogP contribution < -0.4 is 10.6 Å². The predicted molar refractivity (Wildman–Crippen MR) is 112 cm³/mol. The highest BCUT2D eigenvalue weighted by Gasteiger charge is 2.39. The standard InChI is InChI=1S/C18H23ClN4.HI/c1-2-20-18(21-8-11-23-9-3-4-10-23)22-17-13-16(17)14-6-5-7-15(19)12-14;/h3-7,9-10,12,16-17H,2,8,11,13H2,1H3,(H2,20,21,22);1H. The van der Waals surface area contributed by atoms with Crippen molar-refractivity contribution in [2.75, 3.05) is 13.1 Å². The zero-order chi connectivity index (χ0) is 16.1. The summed E-state index contributed by atoms with van der Waals surface area (Å²) in [4.78, 5) is 4.66. The lowest BCUT2D eigenvalue weighted by Gasteiger charge is -2.11. The van der Waals surface area contributed by atoms with Gasteiger partial charge in [0.1, 0.15) is 0 Å². The van der Waals surface area contributed by atoms with Gasteiger partial charge in [0.2, 0.25) is 0 Å². The fourth-order valence-corrected chi connectivity index (χ4v) is 2.95. The summed E-state index contributed by atoms with van der Waals surface area (Å²) in [5.41, 5.74) is 1.30. The molecule has 0 aliphatic heterocycles. The minimum Gasteiger partial charge on any atom is -0.357 e. The molecule has 1 aliphatic carbocycles. The van der Waals surface area contributed by atoms with Crippen molar-refractivity contribution in [3.05, 3.63) is 59.4 Å². The number of rotatable bonds is 6. The maximum Gasteiger partial charge on any atom is 0.191 e. The van der Waals surface area contributed by atoms with Crippen LogP contribution in [0.25, 0.3) is 0 Å². The summed E-state index contributed by atoms with van der Waals surface area (Å²) in [5, 5.41) is 7.65. The number of halogens is 2. The number of aliphatic imine (C=N–C) groups is 1. The number of benzene rings is 1. The van der Waals surface area contributed by atoms with Gasteiger partial charge in [-0.25, -0.2) is 0 Å². The van der Waals surface area contributed by atoms with E-state index in [4.69, 9.17) is 11.6 Å². The summed E-state index contributed by atoms with van der Waals surface area (Å²) in [6, 6.07) is 12.7. The quantitative estimate of drug-likeness (QED) is 0.392. The van der Waals surface area contributed by atoms with Crippen molar-refractivity contribution < 1.29 is 0 Å². The van der Waals surface area contributed by atoms with Crippen LogP contribution in [0.15, 0.2) is 53.8 Å². The van der Waals surface area contributed by atoms with Gasteiger partial charge in [0, 0.05) is 42.5 Å². The molecule has 0 spiro atoms. The maximum atomic E-state index is 6.08. The molecule has 130 valence electrons. The van der Waals surface area contributed by atoms with E-state index in [2.05, 4.69) is 51.6 Å². The molecule has 1 aromatic heterocycles. The van der Waals surface area contributed by atoms with E-state index in [9.17, 15) is 0 Å². The topological polar surface area (TPSA) is 41.4 Å². The van der Waals surface area contributed by atoms with Crippen LogP contribution >= 0.6 is 35.6 Å². The van der Waals surface area contributed by atoms with Crippen LogP contribution in [0.2, 0.25) is 5.02 Å². The minimum absolute atomic E-state index is 0. The molecular formula is C18H24ClIN4. The maximum absolute atomic E-state index is 6.08. The second-order valence-corrected chi connectivity index (χ2v) is 6.27. The number of hydrogen-bond acceptors (Lipinski definition) is 1. The Balaban J connectivity index is 0.00000208. The van der Waals surface area contributed by atoms with Gasteiger partial charge < -0.3 is 15.2 Å². The predicted octanol–water partition coefficient (Wildman–Crippen LogP) is 3.87. The van der Waals surface area contributed by atoms with Gasteiger partial charge >= 0.3 is 0 Å². The fraction of sp³-hybridized carbons (Fsp3) is 0.389. The van der Waals surface area contributed by atoms with Gasteiger partial charge in [0.25, 0.3) is 0 Å².